The van der Waals surface area contributed by atoms with Gasteiger partial charge in [0.15, 0.2) is 0 Å². The topological polar surface area (TPSA) is 79.2 Å². The SMILES string of the molecule is COC(=O)Cc1cccc(NC(=O)c2ccc(-c3ccc(C#N)cc3)cc2)c1. The Hall–Kier alpha value is -3.91. The van der Waals surface area contributed by atoms with Gasteiger partial charge in [0.25, 0.3) is 5.91 Å². The van der Waals surface area contributed by atoms with E-state index in [0.29, 0.717) is 16.8 Å². The molecule has 0 saturated carbocycles. The van der Waals surface area contributed by atoms with Crippen LogP contribution in [0, 0.1) is 11.3 Å². The number of carbonyl (C=O) groups excluding carboxylic acids is 2. The molecule has 0 bridgehead atoms. The summed E-state index contributed by atoms with van der Waals surface area (Å²) in [6, 6.07) is 23.7. The van der Waals surface area contributed by atoms with E-state index in [-0.39, 0.29) is 18.3 Å². The third-order valence-electron chi connectivity index (χ3n) is 4.26. The van der Waals surface area contributed by atoms with Crippen LogP contribution in [0.1, 0.15) is 21.5 Å². The maximum Gasteiger partial charge on any atom is 0.309 e. The van der Waals surface area contributed by atoms with Crippen molar-refractivity contribution in [2.24, 2.45) is 0 Å². The first kappa shape index (κ1) is 18.9. The molecule has 0 heterocycles. The summed E-state index contributed by atoms with van der Waals surface area (Å²) < 4.78 is 4.66. The number of rotatable bonds is 5. The molecule has 28 heavy (non-hydrogen) atoms. The molecule has 0 aliphatic carbocycles. The van der Waals surface area contributed by atoms with E-state index >= 15 is 0 Å². The number of nitrogens with zero attached hydrogens (tertiary/aromatic N) is 1. The Morgan fingerprint density at radius 1 is 0.964 bits per heavy atom. The Bertz CT molecular complexity index is 1030. The molecule has 0 fully saturated rings. The Morgan fingerprint density at radius 2 is 1.61 bits per heavy atom. The predicted octanol–water partition coefficient (Wildman–Crippen LogP) is 4.19. The van der Waals surface area contributed by atoms with Crippen LogP contribution in [0.2, 0.25) is 0 Å². The fraction of sp³-hybridized carbons (Fsp3) is 0.0870. The maximum atomic E-state index is 12.5. The van der Waals surface area contributed by atoms with Crippen LogP contribution < -0.4 is 5.32 Å². The minimum absolute atomic E-state index is 0.152. The molecule has 3 aromatic carbocycles. The van der Waals surface area contributed by atoms with Gasteiger partial charge in [-0.2, -0.15) is 5.26 Å². The van der Waals surface area contributed by atoms with E-state index in [0.717, 1.165) is 16.7 Å². The summed E-state index contributed by atoms with van der Waals surface area (Å²) in [5.74, 6) is -0.566. The van der Waals surface area contributed by atoms with Crippen LogP contribution in [-0.4, -0.2) is 19.0 Å². The van der Waals surface area contributed by atoms with Gasteiger partial charge in [0, 0.05) is 11.3 Å². The Kier molecular flexibility index (Phi) is 5.83. The van der Waals surface area contributed by atoms with E-state index in [4.69, 9.17) is 5.26 Å². The maximum absolute atomic E-state index is 12.5. The van der Waals surface area contributed by atoms with Gasteiger partial charge in [-0.15, -0.1) is 0 Å². The lowest BCUT2D eigenvalue weighted by molar-refractivity contribution is -0.139. The monoisotopic (exact) mass is 370 g/mol. The molecule has 5 nitrogen and oxygen atoms in total. The number of hydrogen-bond acceptors (Lipinski definition) is 4. The van der Waals surface area contributed by atoms with Gasteiger partial charge in [-0.1, -0.05) is 36.4 Å². The second-order valence-electron chi connectivity index (χ2n) is 6.17. The largest absolute Gasteiger partial charge is 0.469 e. The number of benzene rings is 3. The van der Waals surface area contributed by atoms with Crippen LogP contribution in [0.25, 0.3) is 11.1 Å². The van der Waals surface area contributed by atoms with Crippen LogP contribution in [0.15, 0.2) is 72.8 Å². The molecular formula is C23H18N2O3. The number of methoxy groups -OCH3 is 1. The summed E-state index contributed by atoms with van der Waals surface area (Å²) in [6.45, 7) is 0. The average Bonchev–Trinajstić information content (AvgIpc) is 2.74. The number of hydrogen-bond donors (Lipinski definition) is 1. The van der Waals surface area contributed by atoms with E-state index < -0.39 is 0 Å². The first-order valence-electron chi connectivity index (χ1n) is 8.67. The van der Waals surface area contributed by atoms with Gasteiger partial charge in [-0.05, 0) is 53.1 Å². The molecule has 138 valence electrons. The lowest BCUT2D eigenvalue weighted by Crippen LogP contribution is -2.12. The Morgan fingerprint density at radius 3 is 2.21 bits per heavy atom. The molecule has 1 N–H and O–H groups in total. The molecule has 3 aromatic rings. The first-order chi connectivity index (χ1) is 13.6. The first-order valence-corrected chi connectivity index (χ1v) is 8.67. The van der Waals surface area contributed by atoms with Crippen LogP contribution in [0.4, 0.5) is 5.69 Å². The predicted molar refractivity (Wildman–Crippen MR) is 107 cm³/mol. The quantitative estimate of drug-likeness (QED) is 0.683. The van der Waals surface area contributed by atoms with E-state index in [1.807, 2.05) is 24.3 Å². The van der Waals surface area contributed by atoms with Crippen LogP contribution in [0.5, 0.6) is 0 Å². The highest BCUT2D eigenvalue weighted by Crippen LogP contribution is 2.21. The number of esters is 1. The molecule has 5 heteroatoms. The molecule has 0 radical (unpaired) electrons. The molecule has 3 rings (SSSR count). The van der Waals surface area contributed by atoms with E-state index in [1.165, 1.54) is 7.11 Å². The van der Waals surface area contributed by atoms with Gasteiger partial charge >= 0.3 is 5.97 Å². The highest BCUT2D eigenvalue weighted by molar-refractivity contribution is 6.04. The summed E-state index contributed by atoms with van der Waals surface area (Å²) in [6.07, 6.45) is 0.152. The van der Waals surface area contributed by atoms with Crippen molar-refractivity contribution < 1.29 is 14.3 Å². The molecule has 1 amide bonds. The van der Waals surface area contributed by atoms with Crippen molar-refractivity contribution in [2.45, 2.75) is 6.42 Å². The summed E-state index contributed by atoms with van der Waals surface area (Å²) in [4.78, 5) is 23.9. The highest BCUT2D eigenvalue weighted by atomic mass is 16.5. The molecule has 0 unspecified atom stereocenters. The normalized spacial score (nSPS) is 10.0. The van der Waals surface area contributed by atoms with Crippen LogP contribution >= 0.6 is 0 Å². The smallest absolute Gasteiger partial charge is 0.309 e. The van der Waals surface area contributed by atoms with Gasteiger partial charge in [-0.25, -0.2) is 0 Å². The molecule has 0 spiro atoms. The lowest BCUT2D eigenvalue weighted by atomic mass is 10.0. The molecular weight excluding hydrogens is 352 g/mol. The van der Waals surface area contributed by atoms with Crippen molar-refractivity contribution in [1.29, 1.82) is 5.26 Å². The summed E-state index contributed by atoms with van der Waals surface area (Å²) in [7, 11) is 1.34. The van der Waals surface area contributed by atoms with Gasteiger partial charge in [0.2, 0.25) is 0 Å². The molecule has 0 saturated heterocycles. The fourth-order valence-corrected chi connectivity index (χ4v) is 2.75. The van der Waals surface area contributed by atoms with E-state index in [9.17, 15) is 9.59 Å². The van der Waals surface area contributed by atoms with Crippen molar-refractivity contribution in [3.05, 3.63) is 89.5 Å². The second-order valence-corrected chi connectivity index (χ2v) is 6.17. The number of amides is 1. The van der Waals surface area contributed by atoms with Gasteiger partial charge < -0.3 is 10.1 Å². The zero-order valence-corrected chi connectivity index (χ0v) is 15.3. The third kappa shape index (κ3) is 4.63. The number of nitriles is 1. The zero-order chi connectivity index (χ0) is 19.9. The van der Waals surface area contributed by atoms with Crippen molar-refractivity contribution in [3.63, 3.8) is 0 Å². The Balaban J connectivity index is 1.70. The van der Waals surface area contributed by atoms with Crippen molar-refractivity contribution in [1.82, 2.24) is 0 Å². The van der Waals surface area contributed by atoms with Crippen LogP contribution in [-0.2, 0) is 16.0 Å². The van der Waals surface area contributed by atoms with Gasteiger partial charge in [0.05, 0.1) is 25.2 Å². The number of anilines is 1. The molecule has 0 aliphatic heterocycles. The molecule has 0 atom stereocenters. The summed E-state index contributed by atoms with van der Waals surface area (Å²) >= 11 is 0. The van der Waals surface area contributed by atoms with Crippen molar-refractivity contribution >= 4 is 17.6 Å². The van der Waals surface area contributed by atoms with E-state index in [1.54, 1.807) is 48.5 Å². The third-order valence-corrected chi connectivity index (χ3v) is 4.26. The minimum atomic E-state index is -0.332. The Labute approximate surface area is 163 Å². The summed E-state index contributed by atoms with van der Waals surface area (Å²) in [5.41, 5.74) is 4.44. The zero-order valence-electron chi connectivity index (χ0n) is 15.3. The van der Waals surface area contributed by atoms with Crippen molar-refractivity contribution in [2.75, 3.05) is 12.4 Å². The second kappa shape index (κ2) is 8.65. The minimum Gasteiger partial charge on any atom is -0.469 e. The molecule has 0 aromatic heterocycles. The fourth-order valence-electron chi connectivity index (χ4n) is 2.75. The highest BCUT2D eigenvalue weighted by Gasteiger charge is 2.09. The van der Waals surface area contributed by atoms with E-state index in [2.05, 4.69) is 16.1 Å². The number of nitrogens with one attached hydrogen (secondary N) is 1. The number of carbonyl (C=O) groups is 2. The van der Waals surface area contributed by atoms with Crippen molar-refractivity contribution in [3.8, 4) is 17.2 Å². The summed E-state index contributed by atoms with van der Waals surface area (Å²) in [5, 5.41) is 11.7. The van der Waals surface area contributed by atoms with Crippen LogP contribution in [0.3, 0.4) is 0 Å². The molecule has 0 aliphatic rings. The number of ether oxygens (including phenoxy) is 1. The van der Waals surface area contributed by atoms with Gasteiger partial charge in [0.1, 0.15) is 0 Å². The standard InChI is InChI=1S/C23H18N2O3/c1-28-22(26)14-17-3-2-4-21(13-17)25-23(27)20-11-9-19(10-12-20)18-7-5-16(15-24)6-8-18/h2-13H,14H2,1H3,(H,25,27). The lowest BCUT2D eigenvalue weighted by Gasteiger charge is -2.08. The average molecular weight is 370 g/mol. The van der Waals surface area contributed by atoms with Gasteiger partial charge in [-0.3, -0.25) is 9.59 Å².